The molecule has 1 amide bonds. The summed E-state index contributed by atoms with van der Waals surface area (Å²) in [7, 11) is 0. The monoisotopic (exact) mass is 493 g/mol. The molecule has 4 rings (SSSR count). The molecule has 1 aromatic heterocycles. The van der Waals surface area contributed by atoms with Gasteiger partial charge in [0.25, 0.3) is 0 Å². The third-order valence-electron chi connectivity index (χ3n) is 5.75. The van der Waals surface area contributed by atoms with E-state index >= 15 is 0 Å². The van der Waals surface area contributed by atoms with Gasteiger partial charge in [-0.2, -0.15) is 0 Å². The molecule has 8 nitrogen and oxygen atoms in total. The van der Waals surface area contributed by atoms with Crippen LogP contribution in [0.3, 0.4) is 0 Å². The van der Waals surface area contributed by atoms with Crippen LogP contribution in [-0.2, 0) is 17.8 Å². The molecule has 0 radical (unpaired) electrons. The van der Waals surface area contributed by atoms with Gasteiger partial charge in [-0.3, -0.25) is 4.57 Å². The summed E-state index contributed by atoms with van der Waals surface area (Å²) >= 11 is 12.5. The summed E-state index contributed by atoms with van der Waals surface area (Å²) < 4.78 is 7.16. The molecule has 2 N–H and O–H groups in total. The van der Waals surface area contributed by atoms with Gasteiger partial charge in [0.15, 0.2) is 0 Å². The fourth-order valence-electron chi connectivity index (χ4n) is 4.06. The van der Waals surface area contributed by atoms with E-state index in [0.717, 1.165) is 23.4 Å². The molecule has 0 spiro atoms. The van der Waals surface area contributed by atoms with E-state index in [1.807, 2.05) is 50.2 Å². The van der Waals surface area contributed by atoms with Gasteiger partial charge in [0.05, 0.1) is 34.5 Å². The SMILES string of the molecule is CC(C)(C)OC(=O)N1CC[C@H](CNN2C=Cc3[nH]c(=O)n(Cc4cccc(Cl)c4Cl)c3C2)C1. The number of imidazole rings is 1. The van der Waals surface area contributed by atoms with Crippen LogP contribution in [-0.4, -0.2) is 50.8 Å². The maximum atomic E-state index is 12.6. The van der Waals surface area contributed by atoms with Crippen molar-refractivity contribution in [2.75, 3.05) is 19.6 Å². The molecule has 1 atom stereocenters. The van der Waals surface area contributed by atoms with Crippen molar-refractivity contribution in [1.82, 2.24) is 24.9 Å². The van der Waals surface area contributed by atoms with Crippen LogP contribution in [0.15, 0.2) is 29.2 Å². The molecule has 3 heterocycles. The number of aromatic amines is 1. The fraction of sp³-hybridized carbons (Fsp3) is 0.478. The van der Waals surface area contributed by atoms with Crippen molar-refractivity contribution in [3.63, 3.8) is 0 Å². The number of nitrogens with zero attached hydrogens (tertiary/aromatic N) is 3. The standard InChI is InChI=1S/C23H29Cl2N5O3/c1-23(2,3)33-22(32)28-9-7-15(12-28)11-26-29-10-8-18-19(14-29)30(21(31)27-18)13-16-5-4-6-17(24)20(16)25/h4-6,8,10,15,26H,7,9,11-14H2,1-3H3,(H,27,31)/t15-/m1/s1. The highest BCUT2D eigenvalue weighted by Gasteiger charge is 2.30. The number of ether oxygens (including phenoxy) is 1. The lowest BCUT2D eigenvalue weighted by molar-refractivity contribution is 0.0287. The summed E-state index contributed by atoms with van der Waals surface area (Å²) in [4.78, 5) is 29.6. The van der Waals surface area contributed by atoms with Crippen molar-refractivity contribution in [3.8, 4) is 0 Å². The molecule has 2 aromatic rings. The zero-order valence-electron chi connectivity index (χ0n) is 19.0. The Morgan fingerprint density at radius 1 is 1.30 bits per heavy atom. The topological polar surface area (TPSA) is 82.6 Å². The third-order valence-corrected chi connectivity index (χ3v) is 6.60. The summed E-state index contributed by atoms with van der Waals surface area (Å²) in [6.45, 7) is 8.54. The second kappa shape index (κ2) is 9.44. The second-order valence-electron chi connectivity index (χ2n) is 9.48. The smallest absolute Gasteiger partial charge is 0.410 e. The van der Waals surface area contributed by atoms with Gasteiger partial charge < -0.3 is 19.6 Å². The number of hydrogen-bond acceptors (Lipinski definition) is 5. The Morgan fingerprint density at radius 2 is 2.09 bits per heavy atom. The van der Waals surface area contributed by atoms with Gasteiger partial charge >= 0.3 is 11.8 Å². The van der Waals surface area contributed by atoms with E-state index in [9.17, 15) is 9.59 Å². The van der Waals surface area contributed by atoms with Crippen molar-refractivity contribution in [1.29, 1.82) is 0 Å². The molecule has 0 aliphatic carbocycles. The average molecular weight is 494 g/mol. The van der Waals surface area contributed by atoms with Gasteiger partial charge in [-0.25, -0.2) is 15.0 Å². The molecule has 33 heavy (non-hydrogen) atoms. The van der Waals surface area contributed by atoms with Crippen LogP contribution in [0, 0.1) is 5.92 Å². The van der Waals surface area contributed by atoms with Gasteiger partial charge in [-0.05, 0) is 50.8 Å². The number of H-pyrrole nitrogens is 1. The summed E-state index contributed by atoms with van der Waals surface area (Å²) in [5.74, 6) is 0.325. The maximum Gasteiger partial charge on any atom is 0.410 e. The molecule has 0 saturated carbocycles. The molecular weight excluding hydrogens is 465 g/mol. The van der Waals surface area contributed by atoms with Gasteiger partial charge in [0.1, 0.15) is 5.60 Å². The Hall–Kier alpha value is -2.42. The summed E-state index contributed by atoms with van der Waals surface area (Å²) in [6, 6.07) is 5.42. The van der Waals surface area contributed by atoms with Crippen LogP contribution in [0.2, 0.25) is 10.0 Å². The lowest BCUT2D eigenvalue weighted by Gasteiger charge is -2.27. The zero-order chi connectivity index (χ0) is 23.8. The lowest BCUT2D eigenvalue weighted by Crippen LogP contribution is -2.40. The third kappa shape index (κ3) is 5.57. The number of halogens is 2. The summed E-state index contributed by atoms with van der Waals surface area (Å²) in [5.41, 5.74) is 5.18. The van der Waals surface area contributed by atoms with Crippen molar-refractivity contribution in [2.24, 2.45) is 5.92 Å². The molecule has 1 aromatic carbocycles. The number of amides is 1. The molecule has 0 bridgehead atoms. The van der Waals surface area contributed by atoms with Gasteiger partial charge in [0.2, 0.25) is 0 Å². The maximum absolute atomic E-state index is 12.6. The molecule has 178 valence electrons. The van der Waals surface area contributed by atoms with Crippen molar-refractivity contribution >= 4 is 35.4 Å². The zero-order valence-corrected chi connectivity index (χ0v) is 20.5. The first-order valence-electron chi connectivity index (χ1n) is 11.0. The minimum atomic E-state index is -0.495. The Morgan fingerprint density at radius 3 is 2.85 bits per heavy atom. The first-order chi connectivity index (χ1) is 15.6. The lowest BCUT2D eigenvalue weighted by atomic mass is 10.1. The molecule has 2 aliphatic rings. The number of fused-ring (bicyclic) bond motifs is 1. The van der Waals surface area contributed by atoms with Crippen molar-refractivity contribution < 1.29 is 9.53 Å². The average Bonchev–Trinajstić information content (AvgIpc) is 3.33. The highest BCUT2D eigenvalue weighted by atomic mass is 35.5. The Labute approximate surface area is 203 Å². The van der Waals surface area contributed by atoms with Gasteiger partial charge in [0, 0.05) is 25.8 Å². The summed E-state index contributed by atoms with van der Waals surface area (Å²) in [6.07, 6.45) is 4.45. The normalized spacial score (nSPS) is 18.0. The van der Waals surface area contributed by atoms with Crippen LogP contribution < -0.4 is 11.1 Å². The Bertz CT molecular complexity index is 1120. The largest absolute Gasteiger partial charge is 0.444 e. The molecular formula is C23H29Cl2N5O3. The minimum absolute atomic E-state index is 0.189. The van der Waals surface area contributed by atoms with Crippen LogP contribution in [0.5, 0.6) is 0 Å². The Balaban J connectivity index is 1.36. The predicted molar refractivity (Wildman–Crippen MR) is 129 cm³/mol. The molecule has 10 heteroatoms. The number of likely N-dealkylation sites (tertiary alicyclic amines) is 1. The first kappa shape index (κ1) is 23.7. The molecule has 1 fully saturated rings. The van der Waals surface area contributed by atoms with E-state index in [1.165, 1.54) is 0 Å². The highest BCUT2D eigenvalue weighted by molar-refractivity contribution is 6.42. The molecule has 1 saturated heterocycles. The number of hydrogen-bond donors (Lipinski definition) is 2. The molecule has 2 aliphatic heterocycles. The number of aromatic nitrogens is 2. The molecule has 0 unspecified atom stereocenters. The number of rotatable bonds is 5. The van der Waals surface area contributed by atoms with E-state index in [1.54, 1.807) is 15.5 Å². The van der Waals surface area contributed by atoms with Crippen LogP contribution in [0.25, 0.3) is 6.08 Å². The van der Waals surface area contributed by atoms with Crippen LogP contribution in [0.4, 0.5) is 4.79 Å². The van der Waals surface area contributed by atoms with E-state index in [2.05, 4.69) is 10.4 Å². The Kier molecular flexibility index (Phi) is 6.79. The quantitative estimate of drug-likeness (QED) is 0.655. The first-order valence-corrected chi connectivity index (χ1v) is 11.8. The fourth-order valence-corrected chi connectivity index (χ4v) is 4.44. The number of carbonyl (C=O) groups is 1. The van der Waals surface area contributed by atoms with Crippen LogP contribution in [0.1, 0.15) is 44.1 Å². The van der Waals surface area contributed by atoms with E-state index in [-0.39, 0.29) is 11.8 Å². The van der Waals surface area contributed by atoms with Crippen LogP contribution >= 0.6 is 23.2 Å². The van der Waals surface area contributed by atoms with Crippen molar-refractivity contribution in [3.05, 3.63) is 61.9 Å². The predicted octanol–water partition coefficient (Wildman–Crippen LogP) is 4.08. The van der Waals surface area contributed by atoms with Gasteiger partial charge in [-0.15, -0.1) is 0 Å². The van der Waals surface area contributed by atoms with Crippen molar-refractivity contribution in [2.45, 2.75) is 45.9 Å². The number of hydrazine groups is 1. The highest BCUT2D eigenvalue weighted by Crippen LogP contribution is 2.27. The van der Waals surface area contributed by atoms with E-state index in [4.69, 9.17) is 27.9 Å². The van der Waals surface area contributed by atoms with E-state index < -0.39 is 5.60 Å². The number of carbonyl (C=O) groups excluding carboxylic acids is 1. The van der Waals surface area contributed by atoms with E-state index in [0.29, 0.717) is 48.7 Å². The number of benzene rings is 1. The number of nitrogens with one attached hydrogen (secondary N) is 2. The van der Waals surface area contributed by atoms with Gasteiger partial charge in [-0.1, -0.05) is 35.3 Å². The minimum Gasteiger partial charge on any atom is -0.444 e. The second-order valence-corrected chi connectivity index (χ2v) is 10.3. The summed E-state index contributed by atoms with van der Waals surface area (Å²) in [5, 5.41) is 2.88.